The topological polar surface area (TPSA) is 21.6 Å². The van der Waals surface area contributed by atoms with Crippen LogP contribution in [-0.4, -0.2) is 7.05 Å². The fourth-order valence-corrected chi connectivity index (χ4v) is 6.39. The minimum absolute atomic E-state index is 0.681. The van der Waals surface area contributed by atoms with Gasteiger partial charge >= 0.3 is 0 Å². The Hall–Kier alpha value is -2.57. The molecule has 0 aromatic heterocycles. The van der Waals surface area contributed by atoms with Gasteiger partial charge in [-0.25, -0.2) is 0 Å². The van der Waals surface area contributed by atoms with Crippen LogP contribution in [0.3, 0.4) is 0 Å². The molecule has 3 rings (SSSR count). The van der Waals surface area contributed by atoms with Gasteiger partial charge in [-0.3, -0.25) is 4.74 Å². The number of allylic oxidation sites excluding steroid dienone is 1. The van der Waals surface area contributed by atoms with E-state index in [1.54, 1.807) is 0 Å². The van der Waals surface area contributed by atoms with E-state index in [1.165, 1.54) is 15.9 Å². The summed E-state index contributed by atoms with van der Waals surface area (Å²) in [4.78, 5) is 0. The highest BCUT2D eigenvalue weighted by molar-refractivity contribution is 7.87. The lowest BCUT2D eigenvalue weighted by atomic mass is 10.3. The first-order valence-corrected chi connectivity index (χ1v) is 9.96. The molecule has 0 radical (unpaired) electrons. The predicted octanol–water partition coefficient (Wildman–Crippen LogP) is 4.71. The maximum atomic E-state index is 5.61. The summed E-state index contributed by atoms with van der Waals surface area (Å²) in [6.07, 6.45) is 0. The molecule has 0 N–H and O–H groups in total. The van der Waals surface area contributed by atoms with Crippen molar-refractivity contribution in [3.8, 4) is 5.75 Å². The van der Waals surface area contributed by atoms with Gasteiger partial charge in [0.15, 0.2) is 0 Å². The highest BCUT2D eigenvalue weighted by Gasteiger charge is 2.26. The fourth-order valence-electron chi connectivity index (χ4n) is 3.01. The smallest absolute Gasteiger partial charge is 0.126 e. The molecule has 0 fully saturated rings. The Labute approximate surface area is 149 Å². The first-order chi connectivity index (χ1) is 12.2. The van der Waals surface area contributed by atoms with Crippen LogP contribution in [0.25, 0.3) is 0 Å². The van der Waals surface area contributed by atoms with Gasteiger partial charge < -0.3 is 4.74 Å². The number of hydrogen-bond donors (Lipinski definition) is 0. The number of rotatable bonds is 5. The molecule has 0 atom stereocenters. The zero-order valence-electron chi connectivity index (χ0n) is 14.6. The maximum Gasteiger partial charge on any atom is 0.126 e. The summed E-state index contributed by atoms with van der Waals surface area (Å²) in [6.45, 7) is 5.65. The van der Waals surface area contributed by atoms with Crippen molar-refractivity contribution in [3.05, 3.63) is 97.3 Å². The quantitative estimate of drug-likeness (QED) is 0.484. The van der Waals surface area contributed by atoms with E-state index in [0.717, 1.165) is 5.75 Å². The van der Waals surface area contributed by atoms with Crippen molar-refractivity contribution in [1.29, 1.82) is 0 Å². The Kier molecular flexibility index (Phi) is 5.21. The van der Waals surface area contributed by atoms with Crippen LogP contribution in [0, 0.1) is 0 Å². The molecule has 25 heavy (non-hydrogen) atoms. The van der Waals surface area contributed by atoms with Crippen molar-refractivity contribution in [2.75, 3.05) is 7.05 Å². The zero-order chi connectivity index (χ0) is 17.7. The number of nitrogens with zero attached hydrogens (tertiary/aromatic N) is 1. The maximum absolute atomic E-state index is 5.61. The molecule has 0 aliphatic heterocycles. The standard InChI is InChI=1S/C22H22NOP/c1-18(2)24-19-14-16-22(17-15-19)25(23-3,20-10-6-4-7-11-20)21-12-8-5-9-13-21/h4-17H,1H2,2-3H3. The van der Waals surface area contributed by atoms with E-state index in [1.807, 2.05) is 38.2 Å². The van der Waals surface area contributed by atoms with Crippen LogP contribution in [0.1, 0.15) is 6.92 Å². The number of benzene rings is 3. The van der Waals surface area contributed by atoms with E-state index in [4.69, 9.17) is 9.48 Å². The normalized spacial score (nSPS) is 11.0. The Morgan fingerprint density at radius 3 is 1.60 bits per heavy atom. The molecule has 3 aromatic carbocycles. The Morgan fingerprint density at radius 1 is 0.760 bits per heavy atom. The molecule has 3 heteroatoms. The molecule has 0 bridgehead atoms. The molecule has 3 aromatic rings. The van der Waals surface area contributed by atoms with Crippen LogP contribution < -0.4 is 20.7 Å². The van der Waals surface area contributed by atoms with Gasteiger partial charge in [0.25, 0.3) is 0 Å². The SMILES string of the molecule is C=C(C)Oc1ccc(P(=NC)(c2ccccc2)c2ccccc2)cc1. The van der Waals surface area contributed by atoms with E-state index < -0.39 is 7.05 Å². The summed E-state index contributed by atoms with van der Waals surface area (Å²) in [7, 11) is -0.118. The lowest BCUT2D eigenvalue weighted by Crippen LogP contribution is -2.25. The molecule has 0 saturated carbocycles. The van der Waals surface area contributed by atoms with Gasteiger partial charge in [0, 0.05) is 23.0 Å². The number of hydrogen-bond acceptors (Lipinski definition) is 2. The third-order valence-electron chi connectivity index (χ3n) is 4.06. The van der Waals surface area contributed by atoms with Gasteiger partial charge in [0.05, 0.1) is 12.8 Å². The fraction of sp³-hybridized carbons (Fsp3) is 0.0909. The lowest BCUT2D eigenvalue weighted by molar-refractivity contribution is 0.430. The summed E-state index contributed by atoms with van der Waals surface area (Å²) in [5, 5.41) is 3.70. The van der Waals surface area contributed by atoms with Crippen LogP contribution in [0.5, 0.6) is 5.75 Å². The summed E-state index contributed by atoms with van der Waals surface area (Å²) >= 11 is 0. The van der Waals surface area contributed by atoms with E-state index >= 15 is 0 Å². The highest BCUT2D eigenvalue weighted by atomic mass is 31.2. The van der Waals surface area contributed by atoms with Crippen LogP contribution in [0.2, 0.25) is 0 Å². The molecule has 0 saturated heterocycles. The van der Waals surface area contributed by atoms with Crippen molar-refractivity contribution in [2.45, 2.75) is 6.92 Å². The first kappa shape index (κ1) is 17.3. The van der Waals surface area contributed by atoms with Gasteiger partial charge in [-0.05, 0) is 31.2 Å². The van der Waals surface area contributed by atoms with Crippen LogP contribution in [-0.2, 0) is 0 Å². The van der Waals surface area contributed by atoms with Crippen molar-refractivity contribution >= 4 is 23.0 Å². The van der Waals surface area contributed by atoms with E-state index in [0.29, 0.717) is 5.76 Å². The van der Waals surface area contributed by atoms with E-state index in [9.17, 15) is 0 Å². The Balaban J connectivity index is 2.20. The second kappa shape index (κ2) is 7.55. The number of ether oxygens (including phenoxy) is 1. The average Bonchev–Trinajstić information content (AvgIpc) is 2.65. The second-order valence-corrected chi connectivity index (χ2v) is 9.02. The molecule has 2 nitrogen and oxygen atoms in total. The van der Waals surface area contributed by atoms with Crippen molar-refractivity contribution in [1.82, 2.24) is 0 Å². The molecule has 0 heterocycles. The predicted molar refractivity (Wildman–Crippen MR) is 109 cm³/mol. The van der Waals surface area contributed by atoms with Crippen molar-refractivity contribution in [3.63, 3.8) is 0 Å². The van der Waals surface area contributed by atoms with Gasteiger partial charge in [-0.1, -0.05) is 67.2 Å². The summed E-state index contributed by atoms with van der Waals surface area (Å²) < 4.78 is 10.6. The zero-order valence-corrected chi connectivity index (χ0v) is 15.5. The van der Waals surface area contributed by atoms with E-state index in [-0.39, 0.29) is 0 Å². The molecule has 0 unspecified atom stereocenters. The molecule has 0 amide bonds. The van der Waals surface area contributed by atoms with Crippen LogP contribution >= 0.6 is 7.05 Å². The summed E-state index contributed by atoms with van der Waals surface area (Å²) in [5.74, 6) is 1.48. The molecule has 126 valence electrons. The monoisotopic (exact) mass is 347 g/mol. The van der Waals surface area contributed by atoms with Gasteiger partial charge in [0.2, 0.25) is 0 Å². The van der Waals surface area contributed by atoms with Crippen LogP contribution in [0.15, 0.2) is 102 Å². The highest BCUT2D eigenvalue weighted by Crippen LogP contribution is 2.45. The first-order valence-electron chi connectivity index (χ1n) is 8.22. The molecular formula is C22H22NOP. The van der Waals surface area contributed by atoms with Crippen molar-refractivity contribution < 1.29 is 4.74 Å². The summed E-state index contributed by atoms with van der Waals surface area (Å²) in [5.41, 5.74) is 0. The Bertz CT molecular complexity index is 856. The molecule has 0 aliphatic rings. The van der Waals surface area contributed by atoms with Gasteiger partial charge in [-0.2, -0.15) is 0 Å². The third-order valence-corrected chi connectivity index (χ3v) is 7.80. The van der Waals surface area contributed by atoms with E-state index in [2.05, 4.69) is 67.2 Å². The molecule has 0 spiro atoms. The van der Waals surface area contributed by atoms with Gasteiger partial charge in [-0.15, -0.1) is 0 Å². The van der Waals surface area contributed by atoms with Crippen LogP contribution in [0.4, 0.5) is 0 Å². The third kappa shape index (κ3) is 3.45. The second-order valence-electron chi connectivity index (χ2n) is 5.80. The Morgan fingerprint density at radius 2 is 1.20 bits per heavy atom. The minimum Gasteiger partial charge on any atom is -0.463 e. The molecule has 0 aliphatic carbocycles. The van der Waals surface area contributed by atoms with Crippen molar-refractivity contribution in [2.24, 2.45) is 4.74 Å². The van der Waals surface area contributed by atoms with Gasteiger partial charge in [0.1, 0.15) is 5.75 Å². The largest absolute Gasteiger partial charge is 0.463 e. The molecular weight excluding hydrogens is 325 g/mol. The lowest BCUT2D eigenvalue weighted by Gasteiger charge is -2.26. The average molecular weight is 347 g/mol. The minimum atomic E-state index is -2.04. The summed E-state index contributed by atoms with van der Waals surface area (Å²) in [6, 6.07) is 29.3.